The van der Waals surface area contributed by atoms with Crippen LogP contribution in [0.5, 0.6) is 0 Å². The largest absolute Gasteiger partial charge is 0.380 e. The van der Waals surface area contributed by atoms with Crippen molar-refractivity contribution in [2.45, 2.75) is 32.7 Å². The Bertz CT molecular complexity index is 662. The molecule has 0 fully saturated rings. The third-order valence-electron chi connectivity index (χ3n) is 3.01. The number of benzene rings is 1. The lowest BCUT2D eigenvalue weighted by molar-refractivity contribution is -0.387. The molecule has 0 atom stereocenters. The number of thiophene rings is 1. The molecule has 1 aromatic carbocycles. The highest BCUT2D eigenvalue weighted by Crippen LogP contribution is 2.30. The Labute approximate surface area is 126 Å². The molecule has 0 spiro atoms. The van der Waals surface area contributed by atoms with Crippen LogP contribution in [0.15, 0.2) is 30.3 Å². The Morgan fingerprint density at radius 3 is 2.57 bits per heavy atom. The molecule has 4 nitrogen and oxygen atoms in total. The summed E-state index contributed by atoms with van der Waals surface area (Å²) in [6.45, 7) is 7.02. The molecule has 1 aromatic heterocycles. The summed E-state index contributed by atoms with van der Waals surface area (Å²) >= 11 is 1.70. The SMILES string of the molecule is CC(C)(C)c1ccc(CNc2ccc(F)c([N+](=O)[O-])c2)s1. The molecule has 1 heterocycles. The van der Waals surface area contributed by atoms with E-state index < -0.39 is 16.4 Å². The zero-order chi connectivity index (χ0) is 15.6. The highest BCUT2D eigenvalue weighted by atomic mass is 32.1. The van der Waals surface area contributed by atoms with Gasteiger partial charge in [0.1, 0.15) is 0 Å². The van der Waals surface area contributed by atoms with Gasteiger partial charge in [-0.2, -0.15) is 4.39 Å². The van der Waals surface area contributed by atoms with Gasteiger partial charge in [0.15, 0.2) is 0 Å². The van der Waals surface area contributed by atoms with E-state index in [9.17, 15) is 14.5 Å². The van der Waals surface area contributed by atoms with E-state index in [-0.39, 0.29) is 5.41 Å². The van der Waals surface area contributed by atoms with E-state index in [1.165, 1.54) is 17.0 Å². The van der Waals surface area contributed by atoms with Gasteiger partial charge in [0.05, 0.1) is 4.92 Å². The van der Waals surface area contributed by atoms with Gasteiger partial charge >= 0.3 is 5.69 Å². The molecule has 2 rings (SSSR count). The van der Waals surface area contributed by atoms with Crippen LogP contribution in [-0.4, -0.2) is 4.92 Å². The summed E-state index contributed by atoms with van der Waals surface area (Å²) in [6.07, 6.45) is 0. The zero-order valence-corrected chi connectivity index (χ0v) is 13.0. The topological polar surface area (TPSA) is 55.2 Å². The molecule has 2 aromatic rings. The predicted molar refractivity (Wildman–Crippen MR) is 83.4 cm³/mol. The molecule has 0 unspecified atom stereocenters. The minimum atomic E-state index is -0.823. The Morgan fingerprint density at radius 2 is 2.00 bits per heavy atom. The summed E-state index contributed by atoms with van der Waals surface area (Å²) in [5.74, 6) is -0.823. The van der Waals surface area contributed by atoms with Crippen molar-refractivity contribution in [3.63, 3.8) is 0 Å². The number of rotatable bonds is 4. The van der Waals surface area contributed by atoms with E-state index in [1.807, 2.05) is 6.07 Å². The van der Waals surface area contributed by atoms with Crippen molar-refractivity contribution in [1.82, 2.24) is 0 Å². The van der Waals surface area contributed by atoms with Gasteiger partial charge in [-0.3, -0.25) is 10.1 Å². The van der Waals surface area contributed by atoms with E-state index in [4.69, 9.17) is 0 Å². The van der Waals surface area contributed by atoms with Crippen LogP contribution in [-0.2, 0) is 12.0 Å². The van der Waals surface area contributed by atoms with Crippen LogP contribution in [0.3, 0.4) is 0 Å². The summed E-state index contributed by atoms with van der Waals surface area (Å²) in [4.78, 5) is 12.4. The standard InChI is InChI=1S/C15H17FN2O2S/c1-15(2,3)14-7-5-11(21-14)9-17-10-4-6-12(16)13(8-10)18(19)20/h4-8,17H,9H2,1-3H3. The Balaban J connectivity index is 2.08. The second-order valence-corrected chi connectivity index (χ2v) is 6.96. The Hall–Kier alpha value is -1.95. The molecular weight excluding hydrogens is 291 g/mol. The Kier molecular flexibility index (Phi) is 4.27. The van der Waals surface area contributed by atoms with Crippen LogP contribution in [0, 0.1) is 15.9 Å². The Morgan fingerprint density at radius 1 is 1.29 bits per heavy atom. The third kappa shape index (κ3) is 3.78. The lowest BCUT2D eigenvalue weighted by Crippen LogP contribution is -2.07. The van der Waals surface area contributed by atoms with Crippen LogP contribution in [0.25, 0.3) is 0 Å². The first-order chi connectivity index (χ1) is 9.77. The molecule has 0 aliphatic carbocycles. The summed E-state index contributed by atoms with van der Waals surface area (Å²) in [5.41, 5.74) is 0.132. The summed E-state index contributed by atoms with van der Waals surface area (Å²) < 4.78 is 13.3. The third-order valence-corrected chi connectivity index (χ3v) is 4.52. The number of nitro benzene ring substituents is 1. The first-order valence-corrected chi connectivity index (χ1v) is 7.36. The van der Waals surface area contributed by atoms with Crippen molar-refractivity contribution in [2.75, 3.05) is 5.32 Å². The lowest BCUT2D eigenvalue weighted by atomic mass is 9.95. The molecule has 1 N–H and O–H groups in total. The van der Waals surface area contributed by atoms with Crippen LogP contribution in [0.1, 0.15) is 30.5 Å². The van der Waals surface area contributed by atoms with Crippen molar-refractivity contribution in [1.29, 1.82) is 0 Å². The maximum absolute atomic E-state index is 13.3. The van der Waals surface area contributed by atoms with Gasteiger partial charge in [-0.15, -0.1) is 11.3 Å². The molecule has 0 saturated carbocycles. The van der Waals surface area contributed by atoms with E-state index >= 15 is 0 Å². The second kappa shape index (κ2) is 5.81. The molecule has 0 saturated heterocycles. The zero-order valence-electron chi connectivity index (χ0n) is 12.1. The number of hydrogen-bond donors (Lipinski definition) is 1. The predicted octanol–water partition coefficient (Wildman–Crippen LogP) is 4.71. The van der Waals surface area contributed by atoms with Gasteiger partial charge in [-0.1, -0.05) is 20.8 Å². The average Bonchev–Trinajstić information content (AvgIpc) is 2.86. The van der Waals surface area contributed by atoms with Gasteiger partial charge in [0, 0.05) is 28.1 Å². The number of anilines is 1. The first-order valence-electron chi connectivity index (χ1n) is 6.54. The van der Waals surface area contributed by atoms with Crippen molar-refractivity contribution in [3.05, 3.63) is 56.0 Å². The molecule has 112 valence electrons. The smallest absolute Gasteiger partial charge is 0.306 e. The van der Waals surface area contributed by atoms with Crippen molar-refractivity contribution >= 4 is 22.7 Å². The van der Waals surface area contributed by atoms with Crippen LogP contribution in [0.4, 0.5) is 15.8 Å². The fraction of sp³-hybridized carbons (Fsp3) is 0.333. The van der Waals surface area contributed by atoms with Crippen molar-refractivity contribution in [3.8, 4) is 0 Å². The highest BCUT2D eigenvalue weighted by molar-refractivity contribution is 7.12. The molecule has 21 heavy (non-hydrogen) atoms. The van der Waals surface area contributed by atoms with Crippen LogP contribution < -0.4 is 5.32 Å². The second-order valence-electron chi connectivity index (χ2n) is 5.79. The number of nitro groups is 1. The van der Waals surface area contributed by atoms with E-state index in [0.29, 0.717) is 12.2 Å². The minimum absolute atomic E-state index is 0.109. The number of nitrogens with zero attached hydrogens (tertiary/aromatic N) is 1. The van der Waals surface area contributed by atoms with Crippen LogP contribution in [0.2, 0.25) is 0 Å². The lowest BCUT2D eigenvalue weighted by Gasteiger charge is -2.15. The number of nitrogens with one attached hydrogen (secondary N) is 1. The molecule has 0 bridgehead atoms. The number of hydrogen-bond acceptors (Lipinski definition) is 4. The van der Waals surface area contributed by atoms with Gasteiger partial charge in [-0.25, -0.2) is 0 Å². The normalized spacial score (nSPS) is 11.4. The fourth-order valence-corrected chi connectivity index (χ4v) is 2.83. The average molecular weight is 308 g/mol. The van der Waals surface area contributed by atoms with Gasteiger partial charge < -0.3 is 5.32 Å². The molecular formula is C15H17FN2O2S. The van der Waals surface area contributed by atoms with Crippen molar-refractivity contribution in [2.24, 2.45) is 0 Å². The molecule has 0 radical (unpaired) electrons. The van der Waals surface area contributed by atoms with Crippen LogP contribution >= 0.6 is 11.3 Å². The monoisotopic (exact) mass is 308 g/mol. The van der Waals surface area contributed by atoms with Gasteiger partial charge in [0.2, 0.25) is 5.82 Å². The molecule has 0 aliphatic rings. The maximum Gasteiger partial charge on any atom is 0.306 e. The van der Waals surface area contributed by atoms with E-state index in [1.54, 1.807) is 11.3 Å². The van der Waals surface area contributed by atoms with Crippen molar-refractivity contribution < 1.29 is 9.31 Å². The molecule has 6 heteroatoms. The summed E-state index contributed by atoms with van der Waals surface area (Å²) in [6, 6.07) is 7.95. The summed E-state index contributed by atoms with van der Waals surface area (Å²) in [5, 5.41) is 13.8. The van der Waals surface area contributed by atoms with E-state index in [2.05, 4.69) is 32.2 Å². The van der Waals surface area contributed by atoms with Gasteiger partial charge in [0.25, 0.3) is 0 Å². The quantitative estimate of drug-likeness (QED) is 0.657. The first kappa shape index (κ1) is 15.4. The number of halogens is 1. The fourth-order valence-electron chi connectivity index (χ4n) is 1.83. The molecule has 0 amide bonds. The minimum Gasteiger partial charge on any atom is -0.380 e. The highest BCUT2D eigenvalue weighted by Gasteiger charge is 2.16. The molecule has 0 aliphatic heterocycles. The van der Waals surface area contributed by atoms with Gasteiger partial charge in [-0.05, 0) is 29.7 Å². The van der Waals surface area contributed by atoms with E-state index in [0.717, 1.165) is 10.9 Å². The summed E-state index contributed by atoms with van der Waals surface area (Å²) in [7, 11) is 0. The maximum atomic E-state index is 13.3.